The molecule has 9 heteroatoms. The summed E-state index contributed by atoms with van der Waals surface area (Å²) in [5.74, 6) is -1.85. The summed E-state index contributed by atoms with van der Waals surface area (Å²) in [5.41, 5.74) is 2.16. The van der Waals surface area contributed by atoms with Crippen molar-refractivity contribution in [1.29, 1.82) is 0 Å². The van der Waals surface area contributed by atoms with Gasteiger partial charge in [0.2, 0.25) is 11.8 Å². The maximum absolute atomic E-state index is 15.1. The van der Waals surface area contributed by atoms with E-state index in [1.165, 1.54) is 42.3 Å². The van der Waals surface area contributed by atoms with Crippen LogP contribution in [0.2, 0.25) is 0 Å². The Morgan fingerprint density at radius 2 is 1.37 bits per heavy atom. The summed E-state index contributed by atoms with van der Waals surface area (Å²) < 4.78 is 43.6. The number of benzene rings is 4. The van der Waals surface area contributed by atoms with Crippen LogP contribution in [-0.4, -0.2) is 44.8 Å². The maximum Gasteiger partial charge on any atom is 0.264 e. The molecule has 0 unspecified atom stereocenters. The molecule has 2 amide bonds. The molecule has 0 saturated heterocycles. The fraction of sp³-hybridized carbons (Fsp3) is 0.188. The first-order valence-corrected chi connectivity index (χ1v) is 14.6. The van der Waals surface area contributed by atoms with Crippen LogP contribution in [-0.2, 0) is 32.6 Å². The minimum atomic E-state index is -4.36. The van der Waals surface area contributed by atoms with Crippen molar-refractivity contribution in [3.05, 3.63) is 132 Å². The quantitative estimate of drug-likeness (QED) is 0.282. The number of rotatable bonds is 11. The summed E-state index contributed by atoms with van der Waals surface area (Å²) in [6.45, 7) is 1.15. The molecule has 1 atom stereocenters. The Kier molecular flexibility index (Phi) is 9.52. The number of amides is 2. The van der Waals surface area contributed by atoms with Crippen LogP contribution in [0.15, 0.2) is 114 Å². The second-order valence-corrected chi connectivity index (χ2v) is 11.5. The molecule has 0 radical (unpaired) electrons. The third-order valence-electron chi connectivity index (χ3n) is 6.72. The lowest BCUT2D eigenvalue weighted by molar-refractivity contribution is -0.139. The molecule has 41 heavy (non-hydrogen) atoms. The number of sulfonamides is 1. The summed E-state index contributed by atoms with van der Waals surface area (Å²) in [6, 6.07) is 28.9. The molecule has 0 bridgehead atoms. The van der Waals surface area contributed by atoms with Gasteiger partial charge in [-0.1, -0.05) is 90.5 Å². The Morgan fingerprint density at radius 3 is 1.95 bits per heavy atom. The van der Waals surface area contributed by atoms with Gasteiger partial charge < -0.3 is 10.2 Å². The number of nitrogens with zero attached hydrogens (tertiary/aromatic N) is 2. The van der Waals surface area contributed by atoms with Gasteiger partial charge in [0.25, 0.3) is 10.0 Å². The molecular formula is C32H32FN3O4S. The summed E-state index contributed by atoms with van der Waals surface area (Å²) in [5, 5.41) is 2.64. The number of carbonyl (C=O) groups excluding carboxylic acids is 2. The Hall–Kier alpha value is -4.50. The van der Waals surface area contributed by atoms with E-state index in [4.69, 9.17) is 0 Å². The SMILES string of the molecule is CNC(=O)[C@H](Cc1ccccc1)N(Cc1ccccc1)C(=O)CN(c1ccccc1F)S(=O)(=O)c1ccc(C)cc1. The number of carbonyl (C=O) groups is 2. The van der Waals surface area contributed by atoms with Crippen LogP contribution in [0.3, 0.4) is 0 Å². The van der Waals surface area contributed by atoms with Crippen molar-refractivity contribution in [3.8, 4) is 0 Å². The Balaban J connectivity index is 1.78. The van der Waals surface area contributed by atoms with Gasteiger partial charge in [-0.15, -0.1) is 0 Å². The van der Waals surface area contributed by atoms with Crippen LogP contribution in [0, 0.1) is 12.7 Å². The van der Waals surface area contributed by atoms with E-state index in [0.29, 0.717) is 0 Å². The largest absolute Gasteiger partial charge is 0.357 e. The standard InChI is InChI=1S/C32H32FN3O4S/c1-24-17-19-27(20-18-24)41(39,40)36(29-16-10-9-15-28(29)33)23-31(37)35(22-26-13-7-4-8-14-26)30(32(38)34-2)21-25-11-5-3-6-12-25/h3-20,30H,21-23H2,1-2H3,(H,34,38)/t30-/m0/s1. The normalized spacial score (nSPS) is 11.9. The lowest BCUT2D eigenvalue weighted by Gasteiger charge is -2.33. The zero-order chi connectivity index (χ0) is 29.4. The van der Waals surface area contributed by atoms with Crippen LogP contribution in [0.1, 0.15) is 16.7 Å². The number of hydrogen-bond acceptors (Lipinski definition) is 4. The lowest BCUT2D eigenvalue weighted by Crippen LogP contribution is -2.53. The molecule has 4 aromatic rings. The van der Waals surface area contributed by atoms with Gasteiger partial charge in [0.15, 0.2) is 0 Å². The molecule has 0 spiro atoms. The van der Waals surface area contributed by atoms with Crippen LogP contribution in [0.25, 0.3) is 0 Å². The Morgan fingerprint density at radius 1 is 0.805 bits per heavy atom. The Bertz CT molecular complexity index is 1580. The van der Waals surface area contributed by atoms with E-state index in [1.54, 1.807) is 12.1 Å². The summed E-state index contributed by atoms with van der Waals surface area (Å²) in [6.07, 6.45) is 0.198. The third kappa shape index (κ3) is 7.18. The zero-order valence-electron chi connectivity index (χ0n) is 22.9. The van der Waals surface area contributed by atoms with Gasteiger partial charge in [-0.2, -0.15) is 0 Å². The van der Waals surface area contributed by atoms with Crippen LogP contribution < -0.4 is 9.62 Å². The molecule has 212 valence electrons. The number of likely N-dealkylation sites (N-methyl/N-ethyl adjacent to an activating group) is 1. The summed E-state index contributed by atoms with van der Waals surface area (Å²) in [4.78, 5) is 28.6. The van der Waals surface area contributed by atoms with E-state index in [-0.39, 0.29) is 23.5 Å². The number of halogens is 1. The topological polar surface area (TPSA) is 86.8 Å². The van der Waals surface area contributed by atoms with E-state index < -0.39 is 40.2 Å². The number of para-hydroxylation sites is 1. The average molecular weight is 574 g/mol. The molecule has 4 rings (SSSR count). The van der Waals surface area contributed by atoms with Crippen molar-refractivity contribution in [1.82, 2.24) is 10.2 Å². The van der Waals surface area contributed by atoms with Crippen molar-refractivity contribution in [2.45, 2.75) is 30.8 Å². The molecule has 0 saturated carbocycles. The number of aryl methyl sites for hydroxylation is 1. The van der Waals surface area contributed by atoms with E-state index in [0.717, 1.165) is 27.1 Å². The van der Waals surface area contributed by atoms with Gasteiger partial charge in [0.05, 0.1) is 10.6 Å². The second kappa shape index (κ2) is 13.2. The van der Waals surface area contributed by atoms with Crippen molar-refractivity contribution in [2.24, 2.45) is 0 Å². The number of anilines is 1. The van der Waals surface area contributed by atoms with Gasteiger partial charge in [-0.25, -0.2) is 12.8 Å². The van der Waals surface area contributed by atoms with Crippen LogP contribution >= 0.6 is 0 Å². The lowest BCUT2D eigenvalue weighted by atomic mass is 10.0. The molecule has 0 aliphatic rings. The highest BCUT2D eigenvalue weighted by molar-refractivity contribution is 7.92. The molecule has 0 aromatic heterocycles. The van der Waals surface area contributed by atoms with Crippen LogP contribution in [0.5, 0.6) is 0 Å². The molecule has 1 N–H and O–H groups in total. The molecular weight excluding hydrogens is 541 g/mol. The van der Waals surface area contributed by atoms with Crippen molar-refractivity contribution >= 4 is 27.5 Å². The second-order valence-electron chi connectivity index (χ2n) is 9.60. The molecule has 7 nitrogen and oxygen atoms in total. The van der Waals surface area contributed by atoms with Crippen molar-refractivity contribution < 1.29 is 22.4 Å². The van der Waals surface area contributed by atoms with E-state index >= 15 is 4.39 Å². The predicted octanol–water partition coefficient (Wildman–Crippen LogP) is 4.72. The highest BCUT2D eigenvalue weighted by Crippen LogP contribution is 2.27. The van der Waals surface area contributed by atoms with Crippen molar-refractivity contribution in [3.63, 3.8) is 0 Å². The van der Waals surface area contributed by atoms with Gasteiger partial charge >= 0.3 is 0 Å². The first-order chi connectivity index (χ1) is 19.7. The number of nitrogens with one attached hydrogen (secondary N) is 1. The summed E-state index contributed by atoms with van der Waals surface area (Å²) in [7, 11) is -2.87. The number of hydrogen-bond donors (Lipinski definition) is 1. The fourth-order valence-corrected chi connectivity index (χ4v) is 5.93. The summed E-state index contributed by atoms with van der Waals surface area (Å²) >= 11 is 0. The monoisotopic (exact) mass is 573 g/mol. The van der Waals surface area contributed by atoms with Crippen LogP contribution in [0.4, 0.5) is 10.1 Å². The van der Waals surface area contributed by atoms with Gasteiger partial charge in [0, 0.05) is 20.0 Å². The minimum absolute atomic E-state index is 0.0419. The first kappa shape index (κ1) is 29.5. The molecule has 0 fully saturated rings. The molecule has 0 heterocycles. The zero-order valence-corrected chi connectivity index (χ0v) is 23.7. The third-order valence-corrected chi connectivity index (χ3v) is 8.50. The van der Waals surface area contributed by atoms with Gasteiger partial charge in [-0.3, -0.25) is 13.9 Å². The maximum atomic E-state index is 15.1. The van der Waals surface area contributed by atoms with Crippen molar-refractivity contribution in [2.75, 3.05) is 17.9 Å². The fourth-order valence-electron chi connectivity index (χ4n) is 4.51. The first-order valence-electron chi connectivity index (χ1n) is 13.1. The molecule has 0 aliphatic carbocycles. The van der Waals surface area contributed by atoms with Gasteiger partial charge in [0.1, 0.15) is 18.4 Å². The highest BCUT2D eigenvalue weighted by Gasteiger charge is 2.35. The smallest absolute Gasteiger partial charge is 0.264 e. The van der Waals surface area contributed by atoms with Gasteiger partial charge in [-0.05, 0) is 42.3 Å². The minimum Gasteiger partial charge on any atom is -0.357 e. The highest BCUT2D eigenvalue weighted by atomic mass is 32.2. The van der Waals surface area contributed by atoms with E-state index in [2.05, 4.69) is 5.32 Å². The molecule has 4 aromatic carbocycles. The van der Waals surface area contributed by atoms with E-state index in [1.807, 2.05) is 67.6 Å². The van der Waals surface area contributed by atoms with E-state index in [9.17, 15) is 18.0 Å². The average Bonchev–Trinajstić information content (AvgIpc) is 2.99. The molecule has 0 aliphatic heterocycles. The predicted molar refractivity (Wildman–Crippen MR) is 157 cm³/mol. The Labute approximate surface area is 240 Å².